The van der Waals surface area contributed by atoms with Crippen molar-refractivity contribution < 1.29 is 35.6 Å². The van der Waals surface area contributed by atoms with Gasteiger partial charge in [-0.25, -0.2) is 18.4 Å². The largest absolute Gasteiger partial charge is 0.444 e. The van der Waals surface area contributed by atoms with E-state index in [1.165, 1.54) is 0 Å². The van der Waals surface area contributed by atoms with Crippen LogP contribution >= 0.6 is 0 Å². The highest BCUT2D eigenvalue weighted by molar-refractivity contribution is 7.92. The van der Waals surface area contributed by atoms with Crippen LogP contribution < -0.4 is 14.9 Å². The lowest BCUT2D eigenvalue weighted by Gasteiger charge is -2.08. The topological polar surface area (TPSA) is 141 Å². The molecule has 0 fully saturated rings. The Balaban J connectivity index is 1.41. The van der Waals surface area contributed by atoms with Crippen molar-refractivity contribution in [3.05, 3.63) is 66.3 Å². The van der Waals surface area contributed by atoms with Gasteiger partial charge in [0.1, 0.15) is 6.26 Å². The van der Waals surface area contributed by atoms with Gasteiger partial charge in [0.15, 0.2) is 22.1 Å². The molecule has 1 aliphatic rings. The molecule has 2 N–H and O–H groups in total. The zero-order valence-corrected chi connectivity index (χ0v) is 17.4. The number of amides is 1. The van der Waals surface area contributed by atoms with E-state index in [1.807, 2.05) is 4.72 Å². The van der Waals surface area contributed by atoms with E-state index in [-0.39, 0.29) is 17.3 Å². The minimum atomic E-state index is -4.82. The fourth-order valence-electron chi connectivity index (χ4n) is 2.96. The molecular formula is C19H11F3N6O5S. The van der Waals surface area contributed by atoms with Crippen molar-refractivity contribution in [3.8, 4) is 17.3 Å². The third-order valence-electron chi connectivity index (χ3n) is 4.50. The molecule has 4 aromatic rings. The minimum Gasteiger partial charge on any atom is -0.444 e. The van der Waals surface area contributed by atoms with Crippen LogP contribution in [0.3, 0.4) is 0 Å². The fourth-order valence-corrected chi connectivity index (χ4v) is 4.09. The first-order valence-electron chi connectivity index (χ1n) is 9.31. The van der Waals surface area contributed by atoms with Crippen molar-refractivity contribution in [2.45, 2.75) is 11.1 Å². The average Bonchev–Trinajstić information content (AvgIpc) is 3.41. The molecule has 0 aliphatic carbocycles. The van der Waals surface area contributed by atoms with Crippen molar-refractivity contribution in [1.29, 1.82) is 0 Å². The number of benzene rings is 1. The number of pyridine rings is 1. The number of nitrogens with zero attached hydrogens (tertiary/aromatic N) is 4. The first kappa shape index (κ1) is 21.4. The molecule has 4 heterocycles. The van der Waals surface area contributed by atoms with Gasteiger partial charge in [-0.1, -0.05) is 23.0 Å². The summed E-state index contributed by atoms with van der Waals surface area (Å²) >= 11 is 0. The molecule has 0 bridgehead atoms. The normalized spacial score (nSPS) is 14.2. The number of halogens is 3. The monoisotopic (exact) mass is 492 g/mol. The maximum absolute atomic E-state index is 12.9. The van der Waals surface area contributed by atoms with Gasteiger partial charge in [0, 0.05) is 11.6 Å². The van der Waals surface area contributed by atoms with E-state index >= 15 is 0 Å². The van der Waals surface area contributed by atoms with E-state index in [4.69, 9.17) is 9.25 Å². The van der Waals surface area contributed by atoms with Crippen molar-refractivity contribution in [2.75, 3.05) is 10.0 Å². The SMILES string of the molecule is O=C(Nc1cnc2c(c1)S(=O)(=O)Nc1cc(C(F)(F)F)nn1O2)c1coc(-c2ccccc2)n1. The van der Waals surface area contributed by atoms with Crippen LogP contribution in [0.4, 0.5) is 24.7 Å². The second kappa shape index (κ2) is 7.58. The number of alkyl halides is 3. The molecule has 15 heteroatoms. The van der Waals surface area contributed by atoms with Crippen molar-refractivity contribution in [3.63, 3.8) is 0 Å². The highest BCUT2D eigenvalue weighted by Gasteiger charge is 2.38. The van der Waals surface area contributed by atoms with Crippen molar-refractivity contribution >= 4 is 27.4 Å². The molecule has 34 heavy (non-hydrogen) atoms. The molecule has 0 spiro atoms. The van der Waals surface area contributed by atoms with Gasteiger partial charge in [-0.2, -0.15) is 13.2 Å². The second-order valence-corrected chi connectivity index (χ2v) is 8.52. The van der Waals surface area contributed by atoms with Crippen LogP contribution in [0.25, 0.3) is 11.5 Å². The van der Waals surface area contributed by atoms with Gasteiger partial charge in [-0.15, -0.1) is 5.10 Å². The number of fused-ring (bicyclic) bond motifs is 2. The summed E-state index contributed by atoms with van der Waals surface area (Å²) in [4.78, 5) is 25.4. The third-order valence-corrected chi connectivity index (χ3v) is 5.85. The Morgan fingerprint density at radius 3 is 2.65 bits per heavy atom. The molecule has 3 aromatic heterocycles. The summed E-state index contributed by atoms with van der Waals surface area (Å²) in [5.41, 5.74) is -0.836. The van der Waals surface area contributed by atoms with E-state index in [0.717, 1.165) is 18.5 Å². The quantitative estimate of drug-likeness (QED) is 0.444. The predicted molar refractivity (Wildman–Crippen MR) is 108 cm³/mol. The summed E-state index contributed by atoms with van der Waals surface area (Å²) in [6.45, 7) is 0. The van der Waals surface area contributed by atoms with Crippen LogP contribution in [0.5, 0.6) is 5.88 Å². The number of carbonyl (C=O) groups is 1. The lowest BCUT2D eigenvalue weighted by molar-refractivity contribution is -0.142. The summed E-state index contributed by atoms with van der Waals surface area (Å²) in [5, 5.41) is 5.63. The van der Waals surface area contributed by atoms with Crippen LogP contribution in [-0.2, 0) is 16.2 Å². The highest BCUT2D eigenvalue weighted by atomic mass is 32.2. The summed E-state index contributed by atoms with van der Waals surface area (Å²) < 4.78 is 71.3. The molecule has 0 atom stereocenters. The standard InChI is InChI=1S/C19H11F3N6O5S/c20-19(21,22)14-7-15-27-34(30,31)13-6-11(8-23-18(13)33-28(15)26-14)24-16(29)12-9-32-17(25-12)10-4-2-1-3-5-10/h1-9,27H,(H,24,29). The fraction of sp³-hybridized carbons (Fsp3) is 0.0526. The van der Waals surface area contributed by atoms with Gasteiger partial charge in [0.05, 0.1) is 11.9 Å². The lowest BCUT2D eigenvalue weighted by Crippen LogP contribution is -2.15. The smallest absolute Gasteiger partial charge is 0.435 e. The Labute approximate surface area is 188 Å². The molecule has 0 saturated carbocycles. The van der Waals surface area contributed by atoms with Gasteiger partial charge in [0.25, 0.3) is 21.8 Å². The molecule has 0 saturated heterocycles. The Bertz CT molecular complexity index is 1510. The molecular weight excluding hydrogens is 481 g/mol. The van der Waals surface area contributed by atoms with E-state index in [2.05, 4.69) is 20.4 Å². The Morgan fingerprint density at radius 2 is 1.91 bits per heavy atom. The number of carbonyl (C=O) groups excluding carboxylic acids is 1. The van der Waals surface area contributed by atoms with Gasteiger partial charge in [0.2, 0.25) is 5.89 Å². The summed E-state index contributed by atoms with van der Waals surface area (Å²) in [7, 11) is -4.43. The third kappa shape index (κ3) is 3.92. The van der Waals surface area contributed by atoms with E-state index < -0.39 is 44.4 Å². The van der Waals surface area contributed by atoms with Crippen molar-refractivity contribution in [2.24, 2.45) is 0 Å². The zero-order valence-electron chi connectivity index (χ0n) is 16.6. The summed E-state index contributed by atoms with van der Waals surface area (Å²) in [5.74, 6) is -1.63. The maximum atomic E-state index is 12.9. The number of rotatable bonds is 3. The number of oxazole rings is 1. The number of hydrogen-bond acceptors (Lipinski definition) is 8. The number of nitrogens with one attached hydrogen (secondary N) is 2. The first-order valence-corrected chi connectivity index (χ1v) is 10.8. The molecule has 0 unspecified atom stereocenters. The maximum Gasteiger partial charge on any atom is 0.435 e. The van der Waals surface area contributed by atoms with E-state index in [1.54, 1.807) is 30.3 Å². The Morgan fingerprint density at radius 1 is 1.15 bits per heavy atom. The van der Waals surface area contributed by atoms with Crippen LogP contribution in [-0.4, -0.2) is 34.2 Å². The van der Waals surface area contributed by atoms with Gasteiger partial charge in [-0.05, 0) is 18.2 Å². The summed E-state index contributed by atoms with van der Waals surface area (Å²) in [6, 6.07) is 10.3. The van der Waals surface area contributed by atoms with Gasteiger partial charge < -0.3 is 14.6 Å². The molecule has 1 aliphatic heterocycles. The zero-order chi connectivity index (χ0) is 24.1. The lowest BCUT2D eigenvalue weighted by atomic mass is 10.2. The molecule has 1 aromatic carbocycles. The molecule has 0 radical (unpaired) electrons. The number of hydrogen-bond donors (Lipinski definition) is 2. The van der Waals surface area contributed by atoms with E-state index in [9.17, 15) is 26.4 Å². The summed E-state index contributed by atoms with van der Waals surface area (Å²) in [6.07, 6.45) is -2.63. The van der Waals surface area contributed by atoms with Crippen LogP contribution in [0.15, 0.2) is 64.2 Å². The highest BCUT2D eigenvalue weighted by Crippen LogP contribution is 2.34. The van der Waals surface area contributed by atoms with Crippen LogP contribution in [0.1, 0.15) is 16.2 Å². The van der Waals surface area contributed by atoms with E-state index in [0.29, 0.717) is 16.5 Å². The van der Waals surface area contributed by atoms with Gasteiger partial charge in [-0.3, -0.25) is 9.52 Å². The number of aromatic nitrogens is 4. The van der Waals surface area contributed by atoms with Crippen LogP contribution in [0.2, 0.25) is 0 Å². The Kier molecular flexibility index (Phi) is 4.78. The molecule has 174 valence electrons. The minimum absolute atomic E-state index is 0.0440. The second-order valence-electron chi connectivity index (χ2n) is 6.87. The predicted octanol–water partition coefficient (Wildman–Crippen LogP) is 3.16. The number of sulfonamides is 1. The first-order chi connectivity index (χ1) is 16.1. The van der Waals surface area contributed by atoms with Gasteiger partial charge >= 0.3 is 6.18 Å². The van der Waals surface area contributed by atoms with Crippen molar-refractivity contribution in [1.82, 2.24) is 19.9 Å². The van der Waals surface area contributed by atoms with Crippen LogP contribution in [0, 0.1) is 0 Å². The number of anilines is 2. The average molecular weight is 492 g/mol. The Hall–Kier alpha value is -4.40. The molecule has 11 nitrogen and oxygen atoms in total. The molecule has 5 rings (SSSR count). The molecule has 1 amide bonds.